The lowest BCUT2D eigenvalue weighted by atomic mass is 9.97. The van der Waals surface area contributed by atoms with Crippen molar-refractivity contribution in [3.63, 3.8) is 0 Å². The number of aromatic amines is 1. The predicted molar refractivity (Wildman–Crippen MR) is 107 cm³/mol. The maximum Gasteiger partial charge on any atom is 0.158 e. The summed E-state index contributed by atoms with van der Waals surface area (Å²) < 4.78 is 12.2. The Morgan fingerprint density at radius 1 is 1.23 bits per heavy atom. The number of aromatic nitrogens is 5. The summed E-state index contributed by atoms with van der Waals surface area (Å²) >= 11 is 0. The van der Waals surface area contributed by atoms with E-state index in [0.717, 1.165) is 42.2 Å². The molecule has 152 valence electrons. The van der Waals surface area contributed by atoms with Gasteiger partial charge in [-0.3, -0.25) is 10.1 Å². The molecule has 0 spiro atoms. The van der Waals surface area contributed by atoms with E-state index in [0.29, 0.717) is 29.9 Å². The molecule has 3 aromatic heterocycles. The van der Waals surface area contributed by atoms with Gasteiger partial charge in [0.05, 0.1) is 42.1 Å². The summed E-state index contributed by atoms with van der Waals surface area (Å²) in [6.07, 6.45) is 5.49. The smallest absolute Gasteiger partial charge is 0.158 e. The number of nitriles is 1. The van der Waals surface area contributed by atoms with Gasteiger partial charge in [0.1, 0.15) is 18.0 Å². The third-order valence-electron chi connectivity index (χ3n) is 5.32. The highest BCUT2D eigenvalue weighted by Crippen LogP contribution is 2.42. The molecule has 10 nitrogen and oxygen atoms in total. The largest absolute Gasteiger partial charge is 0.490 e. The maximum absolute atomic E-state index is 8.84. The number of nitrogens with zero attached hydrogens (tertiary/aromatic N) is 5. The van der Waals surface area contributed by atoms with E-state index in [1.165, 1.54) is 12.4 Å². The second-order valence-electron chi connectivity index (χ2n) is 7.30. The summed E-state index contributed by atoms with van der Waals surface area (Å²) in [6.45, 7) is 4.58. The van der Waals surface area contributed by atoms with E-state index in [9.17, 15) is 0 Å². The Morgan fingerprint density at radius 3 is 2.87 bits per heavy atom. The Morgan fingerprint density at radius 2 is 2.13 bits per heavy atom. The highest BCUT2D eigenvalue weighted by Gasteiger charge is 2.29. The van der Waals surface area contributed by atoms with Crippen LogP contribution in [-0.2, 0) is 6.42 Å². The minimum absolute atomic E-state index is 0.0562. The molecule has 5 rings (SSSR count). The lowest BCUT2D eigenvalue weighted by molar-refractivity contribution is 0.114. The molecule has 0 aliphatic carbocycles. The number of ether oxygens (including phenoxy) is 2. The van der Waals surface area contributed by atoms with Gasteiger partial charge in [0, 0.05) is 31.5 Å². The van der Waals surface area contributed by atoms with Gasteiger partial charge in [-0.25, -0.2) is 9.97 Å². The number of H-pyrrole nitrogens is 1. The average molecular weight is 404 g/mol. The van der Waals surface area contributed by atoms with Crippen LogP contribution >= 0.6 is 0 Å². The van der Waals surface area contributed by atoms with E-state index in [4.69, 9.17) is 14.7 Å². The molecule has 0 radical (unpaired) electrons. The van der Waals surface area contributed by atoms with Crippen LogP contribution in [0.1, 0.15) is 18.3 Å². The highest BCUT2D eigenvalue weighted by molar-refractivity contribution is 5.77. The van der Waals surface area contributed by atoms with Crippen molar-refractivity contribution in [1.82, 2.24) is 30.5 Å². The van der Waals surface area contributed by atoms with Crippen molar-refractivity contribution in [3.8, 4) is 28.8 Å². The third-order valence-corrected chi connectivity index (χ3v) is 5.32. The molecule has 3 N–H and O–H groups in total. The summed E-state index contributed by atoms with van der Waals surface area (Å²) in [7, 11) is 0. The molecule has 0 aromatic carbocycles. The van der Waals surface area contributed by atoms with Crippen LogP contribution in [-0.4, -0.2) is 50.9 Å². The minimum atomic E-state index is 0.0562. The zero-order chi connectivity index (χ0) is 20.5. The zero-order valence-electron chi connectivity index (χ0n) is 16.3. The SMILES string of the molecule is CC(Oc1cnc2c(c1-c1cc(Nc3cnc(C#N)cn3)n[nH]1)OCC2)C1CNC1. The number of pyridine rings is 1. The van der Waals surface area contributed by atoms with Gasteiger partial charge in [0.25, 0.3) is 0 Å². The Kier molecular flexibility index (Phi) is 4.65. The molecule has 0 amide bonds. The predicted octanol–water partition coefficient (Wildman–Crippen LogP) is 1.80. The number of anilines is 2. The number of hydrogen-bond acceptors (Lipinski definition) is 9. The van der Waals surface area contributed by atoms with Crippen molar-refractivity contribution in [2.45, 2.75) is 19.4 Å². The van der Waals surface area contributed by atoms with Crippen LogP contribution in [0, 0.1) is 17.2 Å². The molecule has 2 aliphatic heterocycles. The molecule has 0 saturated carbocycles. The van der Waals surface area contributed by atoms with Crippen LogP contribution in [0.4, 0.5) is 11.6 Å². The fraction of sp³-hybridized carbons (Fsp3) is 0.350. The molecule has 1 unspecified atom stereocenters. The number of rotatable bonds is 6. The number of nitrogens with one attached hydrogen (secondary N) is 3. The van der Waals surface area contributed by atoms with E-state index < -0.39 is 0 Å². The van der Waals surface area contributed by atoms with Crippen molar-refractivity contribution in [3.05, 3.63) is 36.0 Å². The van der Waals surface area contributed by atoms with E-state index >= 15 is 0 Å². The van der Waals surface area contributed by atoms with E-state index in [1.807, 2.05) is 12.1 Å². The molecule has 30 heavy (non-hydrogen) atoms. The Balaban J connectivity index is 1.44. The monoisotopic (exact) mass is 404 g/mol. The summed E-state index contributed by atoms with van der Waals surface area (Å²) in [5, 5.41) is 22.6. The molecule has 1 saturated heterocycles. The lowest BCUT2D eigenvalue weighted by Gasteiger charge is -2.33. The topological polar surface area (TPSA) is 134 Å². The second kappa shape index (κ2) is 7.61. The van der Waals surface area contributed by atoms with Crippen molar-refractivity contribution in [2.75, 3.05) is 25.0 Å². The van der Waals surface area contributed by atoms with E-state index in [-0.39, 0.29) is 11.8 Å². The van der Waals surface area contributed by atoms with Crippen molar-refractivity contribution < 1.29 is 9.47 Å². The van der Waals surface area contributed by atoms with Gasteiger partial charge in [0.2, 0.25) is 0 Å². The molecule has 10 heteroatoms. The third kappa shape index (κ3) is 3.40. The molecule has 2 aliphatic rings. The summed E-state index contributed by atoms with van der Waals surface area (Å²) in [5.41, 5.74) is 2.75. The van der Waals surface area contributed by atoms with Gasteiger partial charge in [-0.05, 0) is 6.92 Å². The first kappa shape index (κ1) is 18.3. The first-order valence-corrected chi connectivity index (χ1v) is 9.78. The molecule has 1 atom stereocenters. The van der Waals surface area contributed by atoms with Crippen molar-refractivity contribution >= 4 is 11.6 Å². The van der Waals surface area contributed by atoms with Crippen LogP contribution in [0.5, 0.6) is 11.5 Å². The summed E-state index contributed by atoms with van der Waals surface area (Å²) in [6, 6.07) is 3.81. The quantitative estimate of drug-likeness (QED) is 0.562. The average Bonchev–Trinajstić information content (AvgIpc) is 3.36. The van der Waals surface area contributed by atoms with Crippen molar-refractivity contribution in [1.29, 1.82) is 5.26 Å². The molecule has 0 bridgehead atoms. The highest BCUT2D eigenvalue weighted by atomic mass is 16.5. The summed E-state index contributed by atoms with van der Waals surface area (Å²) in [5.74, 6) is 2.93. The first-order chi connectivity index (χ1) is 14.7. The van der Waals surface area contributed by atoms with Gasteiger partial charge in [0.15, 0.2) is 23.0 Å². The fourth-order valence-corrected chi connectivity index (χ4v) is 3.48. The molecular formula is C20H20N8O2. The van der Waals surface area contributed by atoms with Gasteiger partial charge in [-0.2, -0.15) is 10.4 Å². The molecule has 5 heterocycles. The van der Waals surface area contributed by atoms with E-state index in [2.05, 4.69) is 42.7 Å². The zero-order valence-corrected chi connectivity index (χ0v) is 16.3. The standard InChI is InChI=1S/C20H20N8O2/c1-11(12-6-22-7-12)30-16-9-24-14-2-3-29-20(14)19(16)15-4-17(28-27-15)26-18-10-23-13(5-21)8-25-18/h4,8-12,22H,2-3,6-7H2,1H3,(H2,25,26,27,28). The van der Waals surface area contributed by atoms with Crippen LogP contribution in [0.3, 0.4) is 0 Å². The Labute approximate surface area is 172 Å². The molecular weight excluding hydrogens is 384 g/mol. The van der Waals surface area contributed by atoms with Gasteiger partial charge in [-0.1, -0.05) is 0 Å². The Hall–Kier alpha value is -3.71. The number of hydrogen-bond donors (Lipinski definition) is 3. The van der Waals surface area contributed by atoms with Crippen LogP contribution in [0.2, 0.25) is 0 Å². The lowest BCUT2D eigenvalue weighted by Crippen LogP contribution is -2.49. The molecule has 1 fully saturated rings. The van der Waals surface area contributed by atoms with Gasteiger partial charge < -0.3 is 20.1 Å². The van der Waals surface area contributed by atoms with Crippen molar-refractivity contribution in [2.24, 2.45) is 5.92 Å². The fourth-order valence-electron chi connectivity index (χ4n) is 3.48. The number of fused-ring (bicyclic) bond motifs is 1. The minimum Gasteiger partial charge on any atom is -0.490 e. The Bertz CT molecular complexity index is 1100. The van der Waals surface area contributed by atoms with Crippen LogP contribution in [0.25, 0.3) is 11.3 Å². The van der Waals surface area contributed by atoms with Crippen LogP contribution < -0.4 is 20.1 Å². The second-order valence-corrected chi connectivity index (χ2v) is 7.30. The van der Waals surface area contributed by atoms with Gasteiger partial charge >= 0.3 is 0 Å². The maximum atomic E-state index is 8.84. The normalized spacial score (nSPS) is 16.1. The first-order valence-electron chi connectivity index (χ1n) is 9.78. The summed E-state index contributed by atoms with van der Waals surface area (Å²) in [4.78, 5) is 12.7. The molecule has 3 aromatic rings. The van der Waals surface area contributed by atoms with E-state index in [1.54, 1.807) is 6.20 Å². The van der Waals surface area contributed by atoms with Crippen LogP contribution in [0.15, 0.2) is 24.7 Å². The van der Waals surface area contributed by atoms with Gasteiger partial charge in [-0.15, -0.1) is 0 Å².